The van der Waals surface area contributed by atoms with Crippen molar-refractivity contribution in [3.63, 3.8) is 0 Å². The van der Waals surface area contributed by atoms with Gasteiger partial charge in [-0.3, -0.25) is 0 Å². The molecule has 0 unspecified atom stereocenters. The van der Waals surface area contributed by atoms with E-state index in [1.165, 1.54) is 34.6 Å². The molecule has 0 radical (unpaired) electrons. The Hall–Kier alpha value is -0.721. The number of hydrogen-bond donors (Lipinski definition) is 0. The van der Waals surface area contributed by atoms with E-state index in [0.717, 1.165) is 17.0 Å². The van der Waals surface area contributed by atoms with Crippen LogP contribution in [0.25, 0.3) is 6.08 Å². The normalized spacial score (nSPS) is 11.7. The number of rotatable bonds is 8. The molecular weight excluding hydrogens is 390 g/mol. The quantitative estimate of drug-likeness (QED) is 0.351. The van der Waals surface area contributed by atoms with Crippen molar-refractivity contribution in [3.05, 3.63) is 68.6 Å². The molecule has 2 aromatic rings. The van der Waals surface area contributed by atoms with Crippen molar-refractivity contribution in [1.82, 2.24) is 0 Å². The molecule has 3 heteroatoms. The fourth-order valence-corrected chi connectivity index (χ4v) is 4.93. The van der Waals surface area contributed by atoms with E-state index >= 15 is 0 Å². The predicted molar refractivity (Wildman–Crippen MR) is 105 cm³/mol. The third kappa shape index (κ3) is 6.73. The summed E-state index contributed by atoms with van der Waals surface area (Å²) in [6, 6.07) is 16.5. The molecule has 122 valence electrons. The average Bonchev–Trinajstić information content (AvgIpc) is 2.55. The first-order valence-electron chi connectivity index (χ1n) is 8.07. The molecule has 0 nitrogen and oxygen atoms in total. The van der Waals surface area contributed by atoms with Crippen molar-refractivity contribution in [2.45, 2.75) is 39.0 Å². The fraction of sp³-hybridized carbons (Fsp3) is 0.300. The Morgan fingerprint density at radius 1 is 1.00 bits per heavy atom. The number of unbranched alkanes of at least 4 members (excludes halogenated alkanes) is 3. The third-order valence-electron chi connectivity index (χ3n) is 3.55. The van der Waals surface area contributed by atoms with Crippen molar-refractivity contribution >= 4 is 48.7 Å². The van der Waals surface area contributed by atoms with Gasteiger partial charge in [-0.25, -0.2) is 0 Å². The zero-order chi connectivity index (χ0) is 16.5. The van der Waals surface area contributed by atoms with E-state index in [1.807, 2.05) is 18.2 Å². The summed E-state index contributed by atoms with van der Waals surface area (Å²) in [6.07, 6.45) is 8.54. The van der Waals surface area contributed by atoms with Crippen LogP contribution in [-0.4, -0.2) is 15.0 Å². The molecule has 0 N–H and O–H groups in total. The number of allylic oxidation sites excluding steroid dienone is 1. The third-order valence-corrected chi connectivity index (χ3v) is 6.40. The Morgan fingerprint density at radius 3 is 2.48 bits per heavy atom. The summed E-state index contributed by atoms with van der Waals surface area (Å²) in [7, 11) is 0. The number of benzene rings is 2. The Morgan fingerprint density at radius 2 is 1.78 bits per heavy atom. The van der Waals surface area contributed by atoms with Gasteiger partial charge in [0.15, 0.2) is 0 Å². The van der Waals surface area contributed by atoms with Gasteiger partial charge in [0.2, 0.25) is 0 Å². The van der Waals surface area contributed by atoms with Gasteiger partial charge < -0.3 is 0 Å². The molecule has 0 saturated carbocycles. The van der Waals surface area contributed by atoms with Crippen LogP contribution in [0.1, 0.15) is 44.6 Å². The van der Waals surface area contributed by atoms with Gasteiger partial charge in [-0.05, 0) is 0 Å². The molecule has 0 aromatic heterocycles. The second-order valence-electron chi connectivity index (χ2n) is 5.50. The van der Waals surface area contributed by atoms with Crippen LogP contribution in [0.4, 0.5) is 0 Å². The van der Waals surface area contributed by atoms with Crippen LogP contribution in [0, 0.1) is 0 Å². The van der Waals surface area contributed by atoms with Crippen molar-refractivity contribution < 1.29 is 0 Å². The summed E-state index contributed by atoms with van der Waals surface area (Å²) in [5.74, 6) is 0. The Bertz CT molecular complexity index is 635. The summed E-state index contributed by atoms with van der Waals surface area (Å²) >= 11 is 12.7. The topological polar surface area (TPSA) is 0 Å². The maximum absolute atomic E-state index is 6.34. The van der Waals surface area contributed by atoms with Gasteiger partial charge in [-0.1, -0.05) is 0 Å². The first-order valence-corrected chi connectivity index (χ1v) is 10.5. The Labute approximate surface area is 156 Å². The molecule has 0 aliphatic heterocycles. The van der Waals surface area contributed by atoms with Gasteiger partial charge in [0, 0.05) is 0 Å². The molecule has 2 aromatic carbocycles. The molecular formula is C20H22Cl2Se. The molecule has 0 amide bonds. The van der Waals surface area contributed by atoms with Crippen LogP contribution in [0.3, 0.4) is 0 Å². The summed E-state index contributed by atoms with van der Waals surface area (Å²) < 4.78 is 2.90. The molecule has 0 aliphatic carbocycles. The van der Waals surface area contributed by atoms with Gasteiger partial charge in [0.05, 0.1) is 0 Å². The van der Waals surface area contributed by atoms with E-state index in [-0.39, 0.29) is 0 Å². The molecule has 23 heavy (non-hydrogen) atoms. The van der Waals surface area contributed by atoms with E-state index in [1.54, 1.807) is 0 Å². The molecule has 0 atom stereocenters. The number of hydrogen-bond acceptors (Lipinski definition) is 0. The Balaban J connectivity index is 2.15. The zero-order valence-corrected chi connectivity index (χ0v) is 16.6. The van der Waals surface area contributed by atoms with E-state index in [9.17, 15) is 0 Å². The maximum atomic E-state index is 6.34. The minimum atomic E-state index is 0.344. The predicted octanol–water partition coefficient (Wildman–Crippen LogP) is 6.33. The summed E-state index contributed by atoms with van der Waals surface area (Å²) in [5.41, 5.74) is 1.07. The van der Waals surface area contributed by atoms with Crippen LogP contribution in [0.5, 0.6) is 0 Å². The van der Waals surface area contributed by atoms with Crippen molar-refractivity contribution in [2.75, 3.05) is 0 Å². The molecule has 2 rings (SSSR count). The SMILES string of the molecule is CCCCCC/C(=C/c1ccc(Cl)cc1Cl)[Se]c1ccccc1. The monoisotopic (exact) mass is 412 g/mol. The second kappa shape index (κ2) is 10.2. The standard InChI is InChI=1S/C20H22Cl2Se/c1-2-3-4-6-11-19(23-18-9-7-5-8-10-18)14-16-12-13-17(21)15-20(16)22/h5,7-10,12-15H,2-4,6,11H2,1H3/b19-14-. The van der Waals surface area contributed by atoms with Crippen LogP contribution in [-0.2, 0) is 0 Å². The van der Waals surface area contributed by atoms with E-state index in [2.05, 4.69) is 43.3 Å². The molecule has 0 heterocycles. The van der Waals surface area contributed by atoms with E-state index in [4.69, 9.17) is 23.2 Å². The van der Waals surface area contributed by atoms with Crippen molar-refractivity contribution in [2.24, 2.45) is 0 Å². The van der Waals surface area contributed by atoms with Gasteiger partial charge in [-0.15, -0.1) is 0 Å². The second-order valence-corrected chi connectivity index (χ2v) is 8.86. The van der Waals surface area contributed by atoms with Crippen molar-refractivity contribution in [1.29, 1.82) is 0 Å². The van der Waals surface area contributed by atoms with Crippen LogP contribution in [0.2, 0.25) is 10.0 Å². The van der Waals surface area contributed by atoms with Crippen LogP contribution >= 0.6 is 23.2 Å². The summed E-state index contributed by atoms with van der Waals surface area (Å²) in [5, 5.41) is 1.41. The molecule has 0 bridgehead atoms. The summed E-state index contributed by atoms with van der Waals surface area (Å²) in [4.78, 5) is 0. The summed E-state index contributed by atoms with van der Waals surface area (Å²) in [6.45, 7) is 2.25. The molecule has 0 aliphatic rings. The first kappa shape index (κ1) is 18.6. The van der Waals surface area contributed by atoms with Crippen LogP contribution in [0.15, 0.2) is 53.0 Å². The minimum absolute atomic E-state index is 0.344. The van der Waals surface area contributed by atoms with E-state index in [0.29, 0.717) is 20.0 Å². The molecule has 0 fully saturated rings. The zero-order valence-electron chi connectivity index (χ0n) is 13.4. The van der Waals surface area contributed by atoms with Gasteiger partial charge in [-0.2, -0.15) is 0 Å². The first-order chi connectivity index (χ1) is 11.2. The van der Waals surface area contributed by atoms with Gasteiger partial charge in [0.25, 0.3) is 0 Å². The fourth-order valence-electron chi connectivity index (χ4n) is 2.31. The van der Waals surface area contributed by atoms with Crippen LogP contribution < -0.4 is 4.46 Å². The van der Waals surface area contributed by atoms with E-state index < -0.39 is 0 Å². The Kier molecular flexibility index (Phi) is 8.26. The molecule has 0 spiro atoms. The van der Waals surface area contributed by atoms with Gasteiger partial charge >= 0.3 is 156 Å². The molecule has 0 saturated heterocycles. The number of halogens is 2. The van der Waals surface area contributed by atoms with Gasteiger partial charge in [0.1, 0.15) is 0 Å². The average molecular weight is 412 g/mol. The van der Waals surface area contributed by atoms with Crippen molar-refractivity contribution in [3.8, 4) is 0 Å².